The Bertz CT molecular complexity index is 738. The van der Waals surface area contributed by atoms with Gasteiger partial charge in [0.25, 0.3) is 0 Å². The van der Waals surface area contributed by atoms with Crippen molar-refractivity contribution in [3.63, 3.8) is 0 Å². The summed E-state index contributed by atoms with van der Waals surface area (Å²) in [5, 5.41) is 14.2. The molecular formula is C14H10BrN3OS2. The van der Waals surface area contributed by atoms with Crippen LogP contribution in [0.15, 0.2) is 46.3 Å². The van der Waals surface area contributed by atoms with Gasteiger partial charge in [-0.2, -0.15) is 0 Å². The van der Waals surface area contributed by atoms with E-state index >= 15 is 0 Å². The predicted molar refractivity (Wildman–Crippen MR) is 89.7 cm³/mol. The minimum Gasteiger partial charge on any atom is -0.300 e. The van der Waals surface area contributed by atoms with Crippen molar-refractivity contribution < 1.29 is 4.79 Å². The standard InChI is InChI=1S/C14H10BrN3OS2/c15-10-5-3-9(4-6-10)13-17-18-14(21-13)16-12(19)8-11-2-1-7-20-11/h1-7H,8H2,(H,16,18,19). The second kappa shape index (κ2) is 6.46. The summed E-state index contributed by atoms with van der Waals surface area (Å²) in [6.45, 7) is 0. The average Bonchev–Trinajstić information content (AvgIpc) is 3.11. The molecule has 0 aliphatic rings. The highest BCUT2D eigenvalue weighted by molar-refractivity contribution is 9.10. The quantitative estimate of drug-likeness (QED) is 0.738. The Morgan fingerprint density at radius 3 is 2.71 bits per heavy atom. The molecule has 0 saturated heterocycles. The fourth-order valence-corrected chi connectivity index (χ4v) is 3.45. The molecule has 0 atom stereocenters. The van der Waals surface area contributed by atoms with E-state index in [1.54, 1.807) is 11.3 Å². The van der Waals surface area contributed by atoms with E-state index in [1.165, 1.54) is 11.3 Å². The van der Waals surface area contributed by atoms with Crippen molar-refractivity contribution in [2.24, 2.45) is 0 Å². The van der Waals surface area contributed by atoms with Gasteiger partial charge in [-0.15, -0.1) is 21.5 Å². The second-order valence-corrected chi connectivity index (χ2v) is 7.15. The van der Waals surface area contributed by atoms with E-state index in [1.807, 2.05) is 41.8 Å². The Hall–Kier alpha value is -1.57. The second-order valence-electron chi connectivity index (χ2n) is 4.22. The molecule has 2 heterocycles. The third-order valence-electron chi connectivity index (χ3n) is 2.68. The summed E-state index contributed by atoms with van der Waals surface area (Å²) in [4.78, 5) is 12.9. The van der Waals surface area contributed by atoms with Gasteiger partial charge in [-0.1, -0.05) is 45.5 Å². The van der Waals surface area contributed by atoms with E-state index in [4.69, 9.17) is 0 Å². The summed E-state index contributed by atoms with van der Waals surface area (Å²) in [5.41, 5.74) is 0.981. The summed E-state index contributed by atoms with van der Waals surface area (Å²) in [6.07, 6.45) is 0.366. The Balaban J connectivity index is 1.67. The Morgan fingerprint density at radius 1 is 1.19 bits per heavy atom. The number of nitrogens with one attached hydrogen (secondary N) is 1. The van der Waals surface area contributed by atoms with E-state index in [0.717, 1.165) is 19.9 Å². The first-order valence-corrected chi connectivity index (χ1v) is 8.61. The molecule has 0 fully saturated rings. The van der Waals surface area contributed by atoms with E-state index in [9.17, 15) is 4.79 Å². The van der Waals surface area contributed by atoms with Crippen LogP contribution in [0.2, 0.25) is 0 Å². The number of nitrogens with zero attached hydrogens (tertiary/aromatic N) is 2. The molecule has 3 aromatic rings. The maximum absolute atomic E-state index is 11.9. The first-order valence-electron chi connectivity index (χ1n) is 6.12. The Kier molecular flexibility index (Phi) is 4.42. The van der Waals surface area contributed by atoms with Gasteiger partial charge >= 0.3 is 0 Å². The first-order chi connectivity index (χ1) is 10.2. The van der Waals surface area contributed by atoms with E-state index in [0.29, 0.717) is 11.6 Å². The minimum atomic E-state index is -0.0732. The van der Waals surface area contributed by atoms with Crippen molar-refractivity contribution in [2.75, 3.05) is 5.32 Å². The number of anilines is 1. The highest BCUT2D eigenvalue weighted by atomic mass is 79.9. The molecule has 1 aromatic carbocycles. The molecule has 4 nitrogen and oxygen atoms in total. The van der Waals surface area contributed by atoms with Gasteiger partial charge in [0.1, 0.15) is 5.01 Å². The van der Waals surface area contributed by atoms with Crippen LogP contribution >= 0.6 is 38.6 Å². The summed E-state index contributed by atoms with van der Waals surface area (Å²) < 4.78 is 1.01. The molecule has 7 heteroatoms. The molecule has 0 spiro atoms. The average molecular weight is 380 g/mol. The normalized spacial score (nSPS) is 10.5. The van der Waals surface area contributed by atoms with Gasteiger partial charge in [-0.3, -0.25) is 4.79 Å². The van der Waals surface area contributed by atoms with Crippen molar-refractivity contribution in [3.05, 3.63) is 51.1 Å². The summed E-state index contributed by atoms with van der Waals surface area (Å²) >= 11 is 6.33. The van der Waals surface area contributed by atoms with Gasteiger partial charge in [-0.05, 0) is 23.6 Å². The molecule has 0 bridgehead atoms. The zero-order chi connectivity index (χ0) is 14.7. The van der Waals surface area contributed by atoms with Crippen LogP contribution in [0, 0.1) is 0 Å². The van der Waals surface area contributed by atoms with Crippen molar-refractivity contribution in [1.82, 2.24) is 10.2 Å². The summed E-state index contributed by atoms with van der Waals surface area (Å²) in [5.74, 6) is -0.0732. The van der Waals surface area contributed by atoms with Crippen LogP contribution in [-0.4, -0.2) is 16.1 Å². The van der Waals surface area contributed by atoms with Crippen LogP contribution in [0.5, 0.6) is 0 Å². The lowest BCUT2D eigenvalue weighted by molar-refractivity contribution is -0.115. The van der Waals surface area contributed by atoms with Gasteiger partial charge in [-0.25, -0.2) is 0 Å². The number of carbonyl (C=O) groups excluding carboxylic acids is 1. The number of amides is 1. The monoisotopic (exact) mass is 379 g/mol. The number of hydrogen-bond acceptors (Lipinski definition) is 5. The number of hydrogen-bond donors (Lipinski definition) is 1. The van der Waals surface area contributed by atoms with E-state index in [2.05, 4.69) is 31.4 Å². The zero-order valence-corrected chi connectivity index (χ0v) is 14.0. The molecule has 0 radical (unpaired) electrons. The Labute approximate surface area is 138 Å². The zero-order valence-electron chi connectivity index (χ0n) is 10.7. The maximum atomic E-state index is 11.9. The Morgan fingerprint density at radius 2 is 2.00 bits per heavy atom. The lowest BCUT2D eigenvalue weighted by Gasteiger charge is -1.98. The summed E-state index contributed by atoms with van der Waals surface area (Å²) in [7, 11) is 0. The molecule has 0 saturated carbocycles. The molecule has 1 N–H and O–H groups in total. The van der Waals surface area contributed by atoms with E-state index < -0.39 is 0 Å². The van der Waals surface area contributed by atoms with Crippen LogP contribution < -0.4 is 5.32 Å². The van der Waals surface area contributed by atoms with Crippen molar-refractivity contribution in [1.29, 1.82) is 0 Å². The number of benzene rings is 1. The lowest BCUT2D eigenvalue weighted by atomic mass is 10.2. The minimum absolute atomic E-state index is 0.0732. The highest BCUT2D eigenvalue weighted by Crippen LogP contribution is 2.27. The fraction of sp³-hybridized carbons (Fsp3) is 0.0714. The van der Waals surface area contributed by atoms with Crippen LogP contribution in [0.4, 0.5) is 5.13 Å². The van der Waals surface area contributed by atoms with Crippen LogP contribution in [0.25, 0.3) is 10.6 Å². The molecular weight excluding hydrogens is 370 g/mol. The topological polar surface area (TPSA) is 54.9 Å². The molecule has 21 heavy (non-hydrogen) atoms. The molecule has 0 unspecified atom stereocenters. The number of halogens is 1. The van der Waals surface area contributed by atoms with Gasteiger partial charge < -0.3 is 5.32 Å². The van der Waals surface area contributed by atoms with Crippen LogP contribution in [-0.2, 0) is 11.2 Å². The third kappa shape index (κ3) is 3.75. The smallest absolute Gasteiger partial charge is 0.231 e. The predicted octanol–water partition coefficient (Wildman–Crippen LogP) is 4.21. The van der Waals surface area contributed by atoms with Crippen molar-refractivity contribution in [2.45, 2.75) is 6.42 Å². The van der Waals surface area contributed by atoms with Crippen LogP contribution in [0.3, 0.4) is 0 Å². The number of aromatic nitrogens is 2. The van der Waals surface area contributed by atoms with Gasteiger partial charge in [0, 0.05) is 14.9 Å². The largest absolute Gasteiger partial charge is 0.300 e. The molecule has 3 rings (SSSR count). The molecule has 0 aliphatic carbocycles. The molecule has 0 aliphatic heterocycles. The fourth-order valence-electron chi connectivity index (χ4n) is 1.72. The molecule has 1 amide bonds. The summed E-state index contributed by atoms with van der Waals surface area (Å²) in [6, 6.07) is 11.7. The molecule has 106 valence electrons. The highest BCUT2D eigenvalue weighted by Gasteiger charge is 2.10. The van der Waals surface area contributed by atoms with Gasteiger partial charge in [0.15, 0.2) is 0 Å². The first kappa shape index (κ1) is 14.4. The number of rotatable bonds is 4. The number of thiophene rings is 1. The van der Waals surface area contributed by atoms with Crippen LogP contribution in [0.1, 0.15) is 4.88 Å². The van der Waals surface area contributed by atoms with Gasteiger partial charge in [0.2, 0.25) is 11.0 Å². The third-order valence-corrected chi connectivity index (χ3v) is 4.97. The van der Waals surface area contributed by atoms with Crippen molar-refractivity contribution in [3.8, 4) is 10.6 Å². The lowest BCUT2D eigenvalue weighted by Crippen LogP contribution is -2.13. The van der Waals surface area contributed by atoms with Gasteiger partial charge in [0.05, 0.1) is 6.42 Å². The maximum Gasteiger partial charge on any atom is 0.231 e. The van der Waals surface area contributed by atoms with E-state index in [-0.39, 0.29) is 5.91 Å². The van der Waals surface area contributed by atoms with Crippen molar-refractivity contribution >= 4 is 49.6 Å². The molecule has 2 aromatic heterocycles. The number of carbonyl (C=O) groups is 1. The SMILES string of the molecule is O=C(Cc1cccs1)Nc1nnc(-c2ccc(Br)cc2)s1.